The summed E-state index contributed by atoms with van der Waals surface area (Å²) in [7, 11) is 0. The van der Waals surface area contributed by atoms with Crippen molar-refractivity contribution >= 4 is 38.6 Å². The molecule has 1 heteroatoms. The highest BCUT2D eigenvalue weighted by atomic mass is 15.1. The fourth-order valence-electron chi connectivity index (χ4n) is 6.42. The molecule has 0 saturated heterocycles. The van der Waals surface area contributed by atoms with Gasteiger partial charge in [0.25, 0.3) is 0 Å². The van der Waals surface area contributed by atoms with E-state index in [9.17, 15) is 0 Å². The Morgan fingerprint density at radius 3 is 1.63 bits per heavy atom. The summed E-state index contributed by atoms with van der Waals surface area (Å²) in [6, 6.07) is 51.2. The monoisotopic (exact) mass is 523 g/mol. The number of aryl methyl sites for hydroxylation is 2. The topological polar surface area (TPSA) is 3.24 Å². The van der Waals surface area contributed by atoms with Crippen molar-refractivity contribution in [3.63, 3.8) is 0 Å². The van der Waals surface area contributed by atoms with Crippen molar-refractivity contribution in [2.24, 2.45) is 0 Å². The highest BCUT2D eigenvalue weighted by Crippen LogP contribution is 2.51. The van der Waals surface area contributed by atoms with Crippen LogP contribution in [0.4, 0.5) is 17.1 Å². The zero-order valence-electron chi connectivity index (χ0n) is 23.2. The molecular formula is C40H29N. The summed E-state index contributed by atoms with van der Waals surface area (Å²) >= 11 is 0. The molecule has 41 heavy (non-hydrogen) atoms. The molecule has 194 valence electrons. The third-order valence-corrected chi connectivity index (χ3v) is 8.49. The standard InChI is InChI=1S/C40H29N/c1-26-13-18-40(27(2)19-26)41(34-11-7-4-8-12-34)35-17-16-31-23-37-36-22-30-15-14-29(28-9-5-3-6-10-28)20-32(30)24-38(36)39(37)25-33(31)21-35/h3-25H,1-2H3. The van der Waals surface area contributed by atoms with Crippen LogP contribution in [0.2, 0.25) is 0 Å². The molecule has 0 N–H and O–H groups in total. The van der Waals surface area contributed by atoms with E-state index in [1.165, 1.54) is 77.4 Å². The maximum atomic E-state index is 2.38. The summed E-state index contributed by atoms with van der Waals surface area (Å²) in [6.45, 7) is 4.35. The van der Waals surface area contributed by atoms with Crippen LogP contribution in [0.5, 0.6) is 0 Å². The van der Waals surface area contributed by atoms with Crippen molar-refractivity contribution in [3.05, 3.63) is 151 Å². The van der Waals surface area contributed by atoms with Crippen molar-refractivity contribution in [1.29, 1.82) is 0 Å². The first-order valence-electron chi connectivity index (χ1n) is 14.3. The molecule has 8 rings (SSSR count). The molecule has 0 unspecified atom stereocenters. The molecule has 0 heterocycles. The SMILES string of the molecule is Cc1ccc(N(c2ccccc2)c2ccc3cc4c(cc3c2)-c2cc3cc(-c5ccccc5)ccc3cc2-4)c(C)c1. The van der Waals surface area contributed by atoms with Crippen molar-refractivity contribution in [2.75, 3.05) is 4.90 Å². The molecule has 1 nitrogen and oxygen atoms in total. The molecule has 0 radical (unpaired) electrons. The normalized spacial score (nSPS) is 11.7. The van der Waals surface area contributed by atoms with Gasteiger partial charge in [-0.3, -0.25) is 0 Å². The van der Waals surface area contributed by atoms with E-state index in [2.05, 4.69) is 158 Å². The van der Waals surface area contributed by atoms with Gasteiger partial charge in [-0.2, -0.15) is 0 Å². The average Bonchev–Trinajstić information content (AvgIpc) is 3.01. The summed E-state index contributed by atoms with van der Waals surface area (Å²) in [5.41, 5.74) is 14.0. The molecular weight excluding hydrogens is 494 g/mol. The third kappa shape index (κ3) is 3.93. The van der Waals surface area contributed by atoms with Crippen molar-refractivity contribution < 1.29 is 0 Å². The van der Waals surface area contributed by atoms with Crippen LogP contribution in [0.3, 0.4) is 0 Å². The van der Waals surface area contributed by atoms with E-state index in [0.717, 1.165) is 5.69 Å². The van der Waals surface area contributed by atoms with Gasteiger partial charge in [0.2, 0.25) is 0 Å². The second-order valence-corrected chi connectivity index (χ2v) is 11.2. The molecule has 0 spiro atoms. The molecule has 1 aliphatic rings. The lowest BCUT2D eigenvalue weighted by Gasteiger charge is -2.29. The number of fused-ring (bicyclic) bond motifs is 6. The average molecular weight is 524 g/mol. The molecule has 0 aliphatic heterocycles. The second-order valence-electron chi connectivity index (χ2n) is 11.2. The minimum atomic E-state index is 1.16. The van der Waals surface area contributed by atoms with Gasteiger partial charge in [-0.15, -0.1) is 0 Å². The minimum absolute atomic E-state index is 1.16. The molecule has 0 atom stereocenters. The van der Waals surface area contributed by atoms with Crippen LogP contribution in [0.15, 0.2) is 140 Å². The van der Waals surface area contributed by atoms with Crippen LogP contribution in [0.25, 0.3) is 54.9 Å². The van der Waals surface area contributed by atoms with Gasteiger partial charge in [0.15, 0.2) is 0 Å². The van der Waals surface area contributed by atoms with Crippen LogP contribution in [-0.2, 0) is 0 Å². The zero-order chi connectivity index (χ0) is 27.5. The van der Waals surface area contributed by atoms with Gasteiger partial charge in [0.1, 0.15) is 0 Å². The van der Waals surface area contributed by atoms with Crippen LogP contribution in [0, 0.1) is 13.8 Å². The van der Waals surface area contributed by atoms with Gasteiger partial charge in [0.05, 0.1) is 0 Å². The van der Waals surface area contributed by atoms with E-state index in [1.807, 2.05) is 0 Å². The highest BCUT2D eigenvalue weighted by molar-refractivity contribution is 6.12. The predicted octanol–water partition coefficient (Wildman–Crippen LogP) is 11.4. The van der Waals surface area contributed by atoms with E-state index in [1.54, 1.807) is 0 Å². The maximum Gasteiger partial charge on any atom is 0.0490 e. The first-order chi connectivity index (χ1) is 20.1. The maximum absolute atomic E-state index is 2.38. The van der Waals surface area contributed by atoms with E-state index in [-0.39, 0.29) is 0 Å². The Labute approximate surface area is 241 Å². The fourth-order valence-corrected chi connectivity index (χ4v) is 6.42. The number of hydrogen-bond donors (Lipinski definition) is 0. The first-order valence-corrected chi connectivity index (χ1v) is 14.3. The molecule has 7 aromatic rings. The predicted molar refractivity (Wildman–Crippen MR) is 175 cm³/mol. The van der Waals surface area contributed by atoms with Crippen molar-refractivity contribution in [3.8, 4) is 33.4 Å². The molecule has 0 amide bonds. The Kier molecular flexibility index (Phi) is 5.33. The lowest BCUT2D eigenvalue weighted by atomic mass is 9.77. The molecule has 0 saturated carbocycles. The van der Waals surface area contributed by atoms with Crippen molar-refractivity contribution in [2.45, 2.75) is 13.8 Å². The first kappa shape index (κ1) is 23.7. The van der Waals surface area contributed by atoms with E-state index >= 15 is 0 Å². The molecule has 1 aliphatic carbocycles. The van der Waals surface area contributed by atoms with Crippen LogP contribution >= 0.6 is 0 Å². The number of benzene rings is 7. The van der Waals surface area contributed by atoms with Crippen LogP contribution < -0.4 is 4.90 Å². The molecule has 0 bridgehead atoms. The van der Waals surface area contributed by atoms with E-state index < -0.39 is 0 Å². The van der Waals surface area contributed by atoms with Gasteiger partial charge in [-0.25, -0.2) is 0 Å². The number of anilines is 3. The summed E-state index contributed by atoms with van der Waals surface area (Å²) in [5, 5.41) is 5.10. The van der Waals surface area contributed by atoms with Gasteiger partial charge in [0, 0.05) is 17.1 Å². The quantitative estimate of drug-likeness (QED) is 0.222. The van der Waals surface area contributed by atoms with Gasteiger partial charge in [-0.05, 0) is 135 Å². The number of rotatable bonds is 4. The summed E-state index contributed by atoms with van der Waals surface area (Å²) in [4.78, 5) is 2.38. The largest absolute Gasteiger partial charge is 0.310 e. The van der Waals surface area contributed by atoms with Crippen LogP contribution in [-0.4, -0.2) is 0 Å². The zero-order valence-corrected chi connectivity index (χ0v) is 23.2. The van der Waals surface area contributed by atoms with Crippen LogP contribution in [0.1, 0.15) is 11.1 Å². The third-order valence-electron chi connectivity index (χ3n) is 8.49. The number of nitrogens with zero attached hydrogens (tertiary/aromatic N) is 1. The smallest absolute Gasteiger partial charge is 0.0490 e. The molecule has 0 fully saturated rings. The Morgan fingerprint density at radius 2 is 0.976 bits per heavy atom. The Balaban J connectivity index is 1.24. The summed E-state index contributed by atoms with van der Waals surface area (Å²) in [5.74, 6) is 0. The van der Waals surface area contributed by atoms with E-state index in [0.29, 0.717) is 0 Å². The second kappa shape index (κ2) is 9.21. The summed E-state index contributed by atoms with van der Waals surface area (Å²) < 4.78 is 0. The lowest BCUT2D eigenvalue weighted by molar-refractivity contribution is 1.24. The van der Waals surface area contributed by atoms with Gasteiger partial charge in [-0.1, -0.05) is 84.4 Å². The summed E-state index contributed by atoms with van der Waals surface area (Å²) in [6.07, 6.45) is 0. The lowest BCUT2D eigenvalue weighted by Crippen LogP contribution is -2.11. The van der Waals surface area contributed by atoms with Crippen molar-refractivity contribution in [1.82, 2.24) is 0 Å². The molecule has 0 aromatic heterocycles. The van der Waals surface area contributed by atoms with Gasteiger partial charge >= 0.3 is 0 Å². The van der Waals surface area contributed by atoms with E-state index in [4.69, 9.17) is 0 Å². The minimum Gasteiger partial charge on any atom is -0.310 e. The Morgan fingerprint density at radius 1 is 0.390 bits per heavy atom. The van der Waals surface area contributed by atoms with Gasteiger partial charge < -0.3 is 4.90 Å². The number of para-hydroxylation sites is 1. The Bertz CT molecular complexity index is 2110. The molecule has 7 aromatic carbocycles. The number of hydrogen-bond acceptors (Lipinski definition) is 1. The highest BCUT2D eigenvalue weighted by Gasteiger charge is 2.24. The Hall–Kier alpha value is -5.14. The fraction of sp³-hybridized carbons (Fsp3) is 0.0500.